The SMILES string of the molecule is CCCCCCCC/C=C\CCCCCCCCCCCC[NH+](C)CC(O)O.[Br-]. The number of hydrogen-bond acceptors (Lipinski definition) is 2. The summed E-state index contributed by atoms with van der Waals surface area (Å²) in [6.07, 6.45) is 28.1. The van der Waals surface area contributed by atoms with Gasteiger partial charge in [0.05, 0.1) is 13.6 Å². The lowest BCUT2D eigenvalue weighted by Gasteiger charge is -2.14. The minimum Gasteiger partial charge on any atom is -1.00 e. The van der Waals surface area contributed by atoms with Crippen molar-refractivity contribution < 1.29 is 32.1 Å². The van der Waals surface area contributed by atoms with Crippen molar-refractivity contribution in [2.75, 3.05) is 20.1 Å². The molecule has 0 spiro atoms. The molecular weight excluding hydrogens is 426 g/mol. The number of likely N-dealkylation sites (N-methyl/N-ethyl adjacent to an activating group) is 1. The standard InChI is InChI=1S/C25H51NO2.BrH/c1-3-4-5-6-7-8-9-10-11-12-13-14-15-16-17-18-19-20-21-22-23-26(2)24-25(27)28;/h10-11,25,27-28H,3-9,12-24H2,1-2H3;1H/b11-10-;. The van der Waals surface area contributed by atoms with Gasteiger partial charge < -0.3 is 32.1 Å². The van der Waals surface area contributed by atoms with E-state index in [4.69, 9.17) is 10.2 Å². The molecule has 0 aliphatic heterocycles. The summed E-state index contributed by atoms with van der Waals surface area (Å²) in [6.45, 7) is 3.77. The Morgan fingerprint density at radius 1 is 0.621 bits per heavy atom. The quantitative estimate of drug-likeness (QED) is 0.127. The summed E-state index contributed by atoms with van der Waals surface area (Å²) in [5.74, 6) is 0. The van der Waals surface area contributed by atoms with Gasteiger partial charge in [-0.3, -0.25) is 0 Å². The Morgan fingerprint density at radius 2 is 1.00 bits per heavy atom. The van der Waals surface area contributed by atoms with E-state index >= 15 is 0 Å². The monoisotopic (exact) mass is 477 g/mol. The first kappa shape index (κ1) is 31.3. The van der Waals surface area contributed by atoms with E-state index in [1.54, 1.807) is 0 Å². The van der Waals surface area contributed by atoms with Crippen LogP contribution in [0.5, 0.6) is 0 Å². The average Bonchev–Trinajstić information content (AvgIpc) is 2.66. The number of rotatable bonds is 22. The average molecular weight is 479 g/mol. The van der Waals surface area contributed by atoms with Crippen molar-refractivity contribution in [3.05, 3.63) is 12.2 Å². The largest absolute Gasteiger partial charge is 1.00 e. The molecule has 0 aromatic rings. The summed E-state index contributed by atoms with van der Waals surface area (Å²) in [6, 6.07) is 0. The third kappa shape index (κ3) is 28.1. The maximum atomic E-state index is 8.92. The first-order chi connectivity index (χ1) is 13.7. The van der Waals surface area contributed by atoms with Gasteiger partial charge in [0.1, 0.15) is 6.54 Å². The van der Waals surface area contributed by atoms with Crippen LogP contribution in [0.3, 0.4) is 0 Å². The van der Waals surface area contributed by atoms with E-state index in [0.29, 0.717) is 6.54 Å². The molecule has 0 aromatic heterocycles. The Bertz CT molecular complexity index is 324. The summed E-state index contributed by atoms with van der Waals surface area (Å²) >= 11 is 0. The highest BCUT2D eigenvalue weighted by molar-refractivity contribution is 4.81. The van der Waals surface area contributed by atoms with Crippen LogP contribution in [0.4, 0.5) is 0 Å². The number of allylic oxidation sites excluding steroid dienone is 2. The van der Waals surface area contributed by atoms with Crippen LogP contribution in [0.25, 0.3) is 0 Å². The fraction of sp³-hybridized carbons (Fsp3) is 0.920. The number of unbranched alkanes of at least 4 members (excludes halogenated alkanes) is 16. The van der Waals surface area contributed by atoms with Crippen molar-refractivity contribution in [2.24, 2.45) is 0 Å². The highest BCUT2D eigenvalue weighted by atomic mass is 79.9. The number of hydrogen-bond donors (Lipinski definition) is 3. The lowest BCUT2D eigenvalue weighted by Crippen LogP contribution is -3.10. The highest BCUT2D eigenvalue weighted by Crippen LogP contribution is 2.12. The molecule has 0 fully saturated rings. The molecule has 1 atom stereocenters. The Hall–Kier alpha value is 0.100. The maximum Gasteiger partial charge on any atom is 0.202 e. The fourth-order valence-electron chi connectivity index (χ4n) is 3.80. The van der Waals surface area contributed by atoms with Crippen LogP contribution >= 0.6 is 0 Å². The summed E-state index contributed by atoms with van der Waals surface area (Å²) in [4.78, 5) is 1.22. The molecule has 3 nitrogen and oxygen atoms in total. The molecule has 0 rings (SSSR count). The van der Waals surface area contributed by atoms with Gasteiger partial charge in [0.15, 0.2) is 0 Å². The van der Waals surface area contributed by atoms with E-state index in [2.05, 4.69) is 19.1 Å². The van der Waals surface area contributed by atoms with E-state index in [9.17, 15) is 0 Å². The maximum absolute atomic E-state index is 8.92. The molecule has 29 heavy (non-hydrogen) atoms. The molecule has 1 unspecified atom stereocenters. The second kappa shape index (κ2) is 26.1. The van der Waals surface area contributed by atoms with Gasteiger partial charge in [-0.15, -0.1) is 0 Å². The molecule has 0 radical (unpaired) electrons. The summed E-state index contributed by atoms with van der Waals surface area (Å²) in [7, 11) is 2.03. The van der Waals surface area contributed by atoms with Crippen LogP contribution in [-0.2, 0) is 0 Å². The lowest BCUT2D eigenvalue weighted by atomic mass is 10.1. The second-order valence-electron chi connectivity index (χ2n) is 8.74. The molecule has 0 aromatic carbocycles. The third-order valence-electron chi connectivity index (χ3n) is 5.65. The van der Waals surface area contributed by atoms with Crippen molar-refractivity contribution in [2.45, 2.75) is 129 Å². The van der Waals surface area contributed by atoms with Crippen LogP contribution in [0.1, 0.15) is 122 Å². The first-order valence-electron chi connectivity index (χ1n) is 12.5. The van der Waals surface area contributed by atoms with Crippen molar-refractivity contribution in [3.8, 4) is 0 Å². The van der Waals surface area contributed by atoms with E-state index < -0.39 is 6.29 Å². The number of aliphatic hydroxyl groups is 2. The Morgan fingerprint density at radius 3 is 1.41 bits per heavy atom. The van der Waals surface area contributed by atoms with Crippen LogP contribution in [0.2, 0.25) is 0 Å². The highest BCUT2D eigenvalue weighted by Gasteiger charge is 2.06. The van der Waals surface area contributed by atoms with Crippen molar-refractivity contribution in [3.63, 3.8) is 0 Å². The van der Waals surface area contributed by atoms with Gasteiger partial charge in [-0.1, -0.05) is 96.1 Å². The van der Waals surface area contributed by atoms with E-state index in [-0.39, 0.29) is 17.0 Å². The molecule has 3 N–H and O–H groups in total. The normalized spacial score (nSPS) is 12.6. The molecule has 0 amide bonds. The van der Waals surface area contributed by atoms with Crippen LogP contribution < -0.4 is 21.9 Å². The molecule has 4 heteroatoms. The number of aliphatic hydroxyl groups excluding tert-OH is 1. The second-order valence-corrected chi connectivity index (χ2v) is 8.74. The summed E-state index contributed by atoms with van der Waals surface area (Å²) in [5, 5.41) is 17.8. The van der Waals surface area contributed by atoms with Gasteiger partial charge in [-0.25, -0.2) is 0 Å². The van der Waals surface area contributed by atoms with Gasteiger partial charge in [0.25, 0.3) is 0 Å². The zero-order chi connectivity index (χ0) is 20.7. The van der Waals surface area contributed by atoms with Crippen LogP contribution in [0.15, 0.2) is 12.2 Å². The van der Waals surface area contributed by atoms with Crippen LogP contribution in [-0.4, -0.2) is 36.6 Å². The summed E-state index contributed by atoms with van der Waals surface area (Å²) < 4.78 is 0. The zero-order valence-electron chi connectivity index (χ0n) is 19.6. The zero-order valence-corrected chi connectivity index (χ0v) is 21.2. The predicted molar refractivity (Wildman–Crippen MR) is 123 cm³/mol. The Balaban J connectivity index is 0. The molecule has 0 heterocycles. The van der Waals surface area contributed by atoms with E-state index in [0.717, 1.165) is 6.54 Å². The molecule has 0 aliphatic rings. The number of nitrogens with one attached hydrogen (secondary N) is 1. The molecule has 0 saturated carbocycles. The lowest BCUT2D eigenvalue weighted by molar-refractivity contribution is -0.886. The van der Waals surface area contributed by atoms with Crippen LogP contribution in [0, 0.1) is 0 Å². The van der Waals surface area contributed by atoms with Crippen molar-refractivity contribution in [1.29, 1.82) is 0 Å². The molecule has 176 valence electrons. The third-order valence-corrected chi connectivity index (χ3v) is 5.65. The molecular formula is C25H52BrNO2. The molecule has 0 saturated heterocycles. The molecule has 0 bridgehead atoms. The fourth-order valence-corrected chi connectivity index (χ4v) is 3.80. The minimum atomic E-state index is -1.17. The first-order valence-corrected chi connectivity index (χ1v) is 12.5. The van der Waals surface area contributed by atoms with Gasteiger partial charge >= 0.3 is 0 Å². The van der Waals surface area contributed by atoms with Crippen molar-refractivity contribution >= 4 is 0 Å². The number of quaternary nitrogens is 1. The number of halogens is 1. The topological polar surface area (TPSA) is 44.9 Å². The van der Waals surface area contributed by atoms with Crippen molar-refractivity contribution in [1.82, 2.24) is 0 Å². The van der Waals surface area contributed by atoms with E-state index in [1.165, 1.54) is 120 Å². The van der Waals surface area contributed by atoms with Gasteiger partial charge in [0, 0.05) is 0 Å². The predicted octanol–water partition coefficient (Wildman–Crippen LogP) is 2.41. The Kier molecular flexibility index (Phi) is 28.2. The molecule has 0 aliphatic carbocycles. The van der Waals surface area contributed by atoms with E-state index in [1.807, 2.05) is 7.05 Å². The van der Waals surface area contributed by atoms with Gasteiger partial charge in [-0.05, 0) is 38.5 Å². The summed E-state index contributed by atoms with van der Waals surface area (Å²) in [5.41, 5.74) is 0. The Labute approximate surface area is 193 Å². The van der Waals surface area contributed by atoms with Gasteiger partial charge in [-0.2, -0.15) is 0 Å². The minimum absolute atomic E-state index is 0. The smallest absolute Gasteiger partial charge is 0.202 e. The van der Waals surface area contributed by atoms with Gasteiger partial charge in [0.2, 0.25) is 6.29 Å².